The van der Waals surface area contributed by atoms with Gasteiger partial charge >= 0.3 is 0 Å². The number of hydrogen-bond donors (Lipinski definition) is 4. The minimum atomic E-state index is 0.0443. The molecule has 1 amide bonds. The summed E-state index contributed by atoms with van der Waals surface area (Å²) in [7, 11) is 0. The maximum atomic E-state index is 11.4. The molecule has 0 aliphatic carbocycles. The van der Waals surface area contributed by atoms with Crippen molar-refractivity contribution in [2.24, 2.45) is 10.9 Å². The lowest BCUT2D eigenvalue weighted by molar-refractivity contribution is -0.121. The Balaban J connectivity index is 3.66. The summed E-state index contributed by atoms with van der Waals surface area (Å²) in [6.07, 6.45) is 1.83. The van der Waals surface area contributed by atoms with Gasteiger partial charge in [-0.15, -0.1) is 0 Å². The molecule has 0 spiro atoms. The highest BCUT2D eigenvalue weighted by molar-refractivity contribution is 5.80. The molecule has 0 aromatic heterocycles. The Morgan fingerprint density at radius 2 is 2.06 bits per heavy atom. The van der Waals surface area contributed by atoms with E-state index in [0.717, 1.165) is 6.42 Å². The third kappa shape index (κ3) is 8.50. The molecule has 0 fully saturated rings. The molecule has 2 atom stereocenters. The van der Waals surface area contributed by atoms with Crippen molar-refractivity contribution < 1.29 is 10.0 Å². The summed E-state index contributed by atoms with van der Waals surface area (Å²) in [6.45, 7) is 6.52. The van der Waals surface area contributed by atoms with Crippen molar-refractivity contribution in [3.63, 3.8) is 0 Å². The zero-order valence-corrected chi connectivity index (χ0v) is 10.9. The van der Waals surface area contributed by atoms with Crippen LogP contribution in [0.15, 0.2) is 5.16 Å². The second-order valence-corrected chi connectivity index (χ2v) is 4.28. The molecule has 100 valence electrons. The molecular formula is C11H24N4O2. The number of hydrogen-bond acceptors (Lipinski definition) is 4. The maximum absolute atomic E-state index is 11.4. The Labute approximate surface area is 103 Å². The number of amides is 1. The highest BCUT2D eigenvalue weighted by Gasteiger charge is 2.07. The topological polar surface area (TPSA) is 99.7 Å². The molecular weight excluding hydrogens is 220 g/mol. The zero-order valence-electron chi connectivity index (χ0n) is 10.9. The first kappa shape index (κ1) is 15.7. The molecule has 0 aliphatic heterocycles. The van der Waals surface area contributed by atoms with E-state index in [1.54, 1.807) is 0 Å². The first-order chi connectivity index (χ1) is 7.99. The number of oxime groups is 1. The second-order valence-electron chi connectivity index (χ2n) is 4.28. The largest absolute Gasteiger partial charge is 0.409 e. The van der Waals surface area contributed by atoms with Crippen LogP contribution in [-0.4, -0.2) is 35.6 Å². The van der Waals surface area contributed by atoms with Crippen molar-refractivity contribution in [3.8, 4) is 0 Å². The summed E-state index contributed by atoms with van der Waals surface area (Å²) in [4.78, 5) is 11.4. The van der Waals surface area contributed by atoms with Crippen molar-refractivity contribution in [1.82, 2.24) is 10.6 Å². The number of nitrogens with zero attached hydrogens (tertiary/aromatic N) is 1. The van der Waals surface area contributed by atoms with Gasteiger partial charge in [0.05, 0.1) is 0 Å². The quantitative estimate of drug-likeness (QED) is 0.215. The van der Waals surface area contributed by atoms with Crippen LogP contribution in [-0.2, 0) is 4.79 Å². The normalized spacial score (nSPS) is 15.4. The fraction of sp³-hybridized carbons (Fsp3) is 0.818. The van der Waals surface area contributed by atoms with Crippen LogP contribution in [0.25, 0.3) is 0 Å². The lowest BCUT2D eigenvalue weighted by atomic mass is 10.2. The Morgan fingerprint density at radius 1 is 1.41 bits per heavy atom. The summed E-state index contributed by atoms with van der Waals surface area (Å²) in [6, 6.07) is 0.305. The van der Waals surface area contributed by atoms with E-state index in [1.165, 1.54) is 0 Å². The Kier molecular flexibility index (Phi) is 8.13. The third-order valence-electron chi connectivity index (χ3n) is 2.51. The van der Waals surface area contributed by atoms with Gasteiger partial charge in [-0.2, -0.15) is 0 Å². The van der Waals surface area contributed by atoms with Gasteiger partial charge in [0.15, 0.2) is 0 Å². The van der Waals surface area contributed by atoms with Gasteiger partial charge in [0, 0.05) is 31.5 Å². The Morgan fingerprint density at radius 3 is 2.59 bits per heavy atom. The summed E-state index contributed by atoms with van der Waals surface area (Å²) in [5.74, 6) is 0.233. The van der Waals surface area contributed by atoms with Crippen LogP contribution in [0.3, 0.4) is 0 Å². The van der Waals surface area contributed by atoms with E-state index >= 15 is 0 Å². The summed E-state index contributed by atoms with van der Waals surface area (Å²) in [5.41, 5.74) is 5.37. The van der Waals surface area contributed by atoms with Crippen LogP contribution >= 0.6 is 0 Å². The van der Waals surface area contributed by atoms with Crippen molar-refractivity contribution in [2.75, 3.05) is 6.54 Å². The van der Waals surface area contributed by atoms with Crippen molar-refractivity contribution in [1.29, 1.82) is 0 Å². The van der Waals surface area contributed by atoms with E-state index in [9.17, 15) is 4.79 Å². The minimum absolute atomic E-state index is 0.0443. The molecule has 5 N–H and O–H groups in total. The standard InChI is InChI=1S/C11H24N4O2/c1-4-8(2)14-11(16)5-6-13-9(3)7-10(12)15-17/h8-9,13,17H,4-7H2,1-3H3,(H2,12,15)(H,14,16). The summed E-state index contributed by atoms with van der Waals surface area (Å²) >= 11 is 0. The molecule has 6 nitrogen and oxygen atoms in total. The first-order valence-corrected chi connectivity index (χ1v) is 5.98. The van der Waals surface area contributed by atoms with Gasteiger partial charge in [-0.3, -0.25) is 4.79 Å². The summed E-state index contributed by atoms with van der Waals surface area (Å²) < 4.78 is 0. The second kappa shape index (κ2) is 8.81. The molecule has 0 bridgehead atoms. The molecule has 0 saturated carbocycles. The minimum Gasteiger partial charge on any atom is -0.409 e. The highest BCUT2D eigenvalue weighted by atomic mass is 16.4. The number of rotatable bonds is 8. The smallest absolute Gasteiger partial charge is 0.221 e. The van der Waals surface area contributed by atoms with Crippen LogP contribution in [0.4, 0.5) is 0 Å². The number of nitrogens with one attached hydrogen (secondary N) is 2. The fourth-order valence-electron chi connectivity index (χ4n) is 1.31. The van der Waals surface area contributed by atoms with Crippen molar-refractivity contribution in [2.45, 2.75) is 52.1 Å². The van der Waals surface area contributed by atoms with Gasteiger partial charge in [-0.1, -0.05) is 12.1 Å². The van der Waals surface area contributed by atoms with E-state index in [-0.39, 0.29) is 23.8 Å². The Bertz CT molecular complexity index is 256. The maximum Gasteiger partial charge on any atom is 0.221 e. The predicted octanol–water partition coefficient (Wildman–Crippen LogP) is 0.406. The number of carbonyl (C=O) groups excluding carboxylic acids is 1. The molecule has 0 radical (unpaired) electrons. The van der Waals surface area contributed by atoms with Crippen LogP contribution in [0.5, 0.6) is 0 Å². The lowest BCUT2D eigenvalue weighted by Crippen LogP contribution is -2.37. The molecule has 0 aliphatic rings. The molecule has 17 heavy (non-hydrogen) atoms. The van der Waals surface area contributed by atoms with Crippen LogP contribution in [0.2, 0.25) is 0 Å². The molecule has 0 aromatic rings. The molecule has 2 unspecified atom stereocenters. The lowest BCUT2D eigenvalue weighted by Gasteiger charge is -2.14. The van der Waals surface area contributed by atoms with Crippen LogP contribution in [0.1, 0.15) is 40.0 Å². The SMILES string of the molecule is CCC(C)NC(=O)CCNC(C)CC(N)=NO. The van der Waals surface area contributed by atoms with E-state index in [0.29, 0.717) is 19.4 Å². The van der Waals surface area contributed by atoms with Gasteiger partial charge in [0.1, 0.15) is 5.84 Å². The summed E-state index contributed by atoms with van der Waals surface area (Å²) in [5, 5.41) is 17.3. The first-order valence-electron chi connectivity index (χ1n) is 5.98. The number of nitrogens with two attached hydrogens (primary N) is 1. The molecule has 0 rings (SSSR count). The van der Waals surface area contributed by atoms with Gasteiger partial charge in [-0.05, 0) is 20.3 Å². The van der Waals surface area contributed by atoms with E-state index < -0.39 is 0 Å². The third-order valence-corrected chi connectivity index (χ3v) is 2.51. The van der Waals surface area contributed by atoms with Gasteiger partial charge in [0.25, 0.3) is 0 Å². The van der Waals surface area contributed by atoms with Crippen molar-refractivity contribution in [3.05, 3.63) is 0 Å². The van der Waals surface area contributed by atoms with Gasteiger partial charge in [0.2, 0.25) is 5.91 Å². The van der Waals surface area contributed by atoms with Gasteiger partial charge in [-0.25, -0.2) is 0 Å². The zero-order chi connectivity index (χ0) is 13.3. The average molecular weight is 244 g/mol. The Hall–Kier alpha value is -1.30. The average Bonchev–Trinajstić information content (AvgIpc) is 2.28. The molecule has 0 heterocycles. The number of carbonyl (C=O) groups is 1. The monoisotopic (exact) mass is 244 g/mol. The van der Waals surface area contributed by atoms with Crippen LogP contribution < -0.4 is 16.4 Å². The fourth-order valence-corrected chi connectivity index (χ4v) is 1.31. The van der Waals surface area contributed by atoms with Crippen molar-refractivity contribution >= 4 is 11.7 Å². The molecule has 6 heteroatoms. The van der Waals surface area contributed by atoms with E-state index in [4.69, 9.17) is 10.9 Å². The molecule has 0 saturated heterocycles. The van der Waals surface area contributed by atoms with E-state index in [1.807, 2.05) is 20.8 Å². The van der Waals surface area contributed by atoms with Crippen LogP contribution in [0, 0.1) is 0 Å². The van der Waals surface area contributed by atoms with E-state index in [2.05, 4.69) is 15.8 Å². The predicted molar refractivity (Wildman–Crippen MR) is 68.0 cm³/mol. The highest BCUT2D eigenvalue weighted by Crippen LogP contribution is 1.92. The number of amidine groups is 1. The molecule has 0 aromatic carbocycles. The van der Waals surface area contributed by atoms with Gasteiger partial charge < -0.3 is 21.6 Å².